The van der Waals surface area contributed by atoms with Crippen LogP contribution in [0.2, 0.25) is 0 Å². The first-order valence-electron chi connectivity index (χ1n) is 25.8. The Hall–Kier alpha value is -5.64. The van der Waals surface area contributed by atoms with Gasteiger partial charge in [0, 0.05) is 12.8 Å². The van der Waals surface area contributed by atoms with Gasteiger partial charge in [0.2, 0.25) is 0 Å². The Labute approximate surface area is 406 Å². The van der Waals surface area contributed by atoms with Gasteiger partial charge in [-0.15, -0.1) is 0 Å². The number of rotatable bonds is 37. The smallest absolute Gasteiger partial charge is 0.343 e. The molecule has 4 aromatic carbocycles. The van der Waals surface area contributed by atoms with Crippen LogP contribution in [0.5, 0.6) is 34.5 Å². The van der Waals surface area contributed by atoms with Crippen molar-refractivity contribution in [1.29, 1.82) is 0 Å². The fourth-order valence-electron chi connectivity index (χ4n) is 7.67. The predicted molar refractivity (Wildman–Crippen MR) is 269 cm³/mol. The normalized spacial score (nSPS) is 10.9. The van der Waals surface area contributed by atoms with E-state index in [0.717, 1.165) is 50.0 Å². The molecule has 0 aromatic heterocycles. The minimum absolute atomic E-state index is 0.232. The fourth-order valence-corrected chi connectivity index (χ4v) is 7.67. The van der Waals surface area contributed by atoms with Crippen LogP contribution in [0.25, 0.3) is 0 Å². The molecule has 10 heteroatoms. The number of hydrogen-bond donors (Lipinski definition) is 0. The van der Waals surface area contributed by atoms with Crippen LogP contribution >= 0.6 is 0 Å². The van der Waals surface area contributed by atoms with Gasteiger partial charge in [-0.3, -0.25) is 9.59 Å². The Kier molecular flexibility index (Phi) is 28.0. The van der Waals surface area contributed by atoms with Gasteiger partial charge >= 0.3 is 23.9 Å². The Balaban J connectivity index is 0.993. The maximum Gasteiger partial charge on any atom is 0.343 e. The summed E-state index contributed by atoms with van der Waals surface area (Å²) in [7, 11) is 0. The van der Waals surface area contributed by atoms with E-state index in [0.29, 0.717) is 60.2 Å². The zero-order valence-electron chi connectivity index (χ0n) is 41.1. The molecule has 0 heterocycles. The van der Waals surface area contributed by atoms with Crippen LogP contribution in [0.1, 0.15) is 202 Å². The van der Waals surface area contributed by atoms with E-state index >= 15 is 0 Å². The predicted octanol–water partition coefficient (Wildman–Crippen LogP) is 15.6. The SMILES string of the molecule is CCCCCCCCCCCCOc1ccc(C(=O)Oc2ccc(OC(=O)CCCCCCC(=O)Oc3ccc(OC(=O)c4ccc(OCCCCCCCCCCCC)cc4)cc3)cc2)cc1. The number of unbranched alkanes of at least 4 members (excludes halogenated alkanes) is 21. The van der Waals surface area contributed by atoms with Gasteiger partial charge in [0.15, 0.2) is 0 Å². The average Bonchev–Trinajstić information content (AvgIpc) is 3.35. The lowest BCUT2D eigenvalue weighted by Gasteiger charge is -2.09. The second-order valence-corrected chi connectivity index (χ2v) is 17.7. The maximum absolute atomic E-state index is 12.7. The molecule has 0 aliphatic rings. The lowest BCUT2D eigenvalue weighted by atomic mass is 10.1. The van der Waals surface area contributed by atoms with Gasteiger partial charge in [0.05, 0.1) is 24.3 Å². The first kappa shape index (κ1) is 55.0. The molecule has 0 saturated heterocycles. The summed E-state index contributed by atoms with van der Waals surface area (Å²) in [5.74, 6) is 1.14. The molecule has 0 saturated carbocycles. The van der Waals surface area contributed by atoms with Crippen molar-refractivity contribution in [3.05, 3.63) is 108 Å². The van der Waals surface area contributed by atoms with Crippen molar-refractivity contribution in [3.8, 4) is 34.5 Å². The van der Waals surface area contributed by atoms with Crippen molar-refractivity contribution in [2.24, 2.45) is 0 Å². The molecular weight excluding hydrogens is 857 g/mol. The van der Waals surface area contributed by atoms with E-state index < -0.39 is 11.9 Å². The van der Waals surface area contributed by atoms with E-state index in [9.17, 15) is 19.2 Å². The van der Waals surface area contributed by atoms with Crippen molar-refractivity contribution in [1.82, 2.24) is 0 Å². The summed E-state index contributed by atoms with van der Waals surface area (Å²) in [5, 5.41) is 0. The first-order valence-corrected chi connectivity index (χ1v) is 25.8. The minimum Gasteiger partial charge on any atom is -0.494 e. The van der Waals surface area contributed by atoms with E-state index in [4.69, 9.17) is 28.4 Å². The maximum atomic E-state index is 12.7. The summed E-state index contributed by atoms with van der Waals surface area (Å²) in [6.07, 6.45) is 28.7. The van der Waals surface area contributed by atoms with E-state index in [-0.39, 0.29) is 24.8 Å². The van der Waals surface area contributed by atoms with Gasteiger partial charge in [-0.05, 0) is 123 Å². The molecule has 0 spiro atoms. The molecule has 370 valence electrons. The summed E-state index contributed by atoms with van der Waals surface area (Å²) in [4.78, 5) is 50.3. The summed E-state index contributed by atoms with van der Waals surface area (Å²) in [6, 6.07) is 26.6. The van der Waals surface area contributed by atoms with Gasteiger partial charge in [0.1, 0.15) is 34.5 Å². The van der Waals surface area contributed by atoms with Gasteiger partial charge < -0.3 is 28.4 Å². The van der Waals surface area contributed by atoms with E-state index in [1.54, 1.807) is 97.1 Å². The summed E-state index contributed by atoms with van der Waals surface area (Å²) in [5.41, 5.74) is 0.821. The third-order valence-corrected chi connectivity index (χ3v) is 11.8. The van der Waals surface area contributed by atoms with Crippen LogP contribution in [0.4, 0.5) is 0 Å². The number of benzene rings is 4. The van der Waals surface area contributed by atoms with Gasteiger partial charge in [-0.2, -0.15) is 0 Å². The third kappa shape index (κ3) is 24.4. The van der Waals surface area contributed by atoms with Crippen molar-refractivity contribution in [3.63, 3.8) is 0 Å². The molecule has 0 atom stereocenters. The summed E-state index contributed by atoms with van der Waals surface area (Å²) in [6.45, 7) is 5.81. The number of hydrogen-bond acceptors (Lipinski definition) is 10. The minimum atomic E-state index is -0.489. The number of carbonyl (C=O) groups excluding carboxylic acids is 4. The summed E-state index contributed by atoms with van der Waals surface area (Å²) < 4.78 is 33.7. The van der Waals surface area contributed by atoms with Gasteiger partial charge in [-0.1, -0.05) is 142 Å². The molecule has 0 fully saturated rings. The monoisotopic (exact) mass is 935 g/mol. The quantitative estimate of drug-likeness (QED) is 0.0245. The van der Waals surface area contributed by atoms with Crippen LogP contribution in [0, 0.1) is 0 Å². The Morgan fingerprint density at radius 1 is 0.294 bits per heavy atom. The molecule has 0 radical (unpaired) electrons. The molecule has 0 N–H and O–H groups in total. The highest BCUT2D eigenvalue weighted by atomic mass is 16.5. The molecule has 68 heavy (non-hydrogen) atoms. The van der Waals surface area contributed by atoms with Crippen LogP contribution in [-0.2, 0) is 9.59 Å². The van der Waals surface area contributed by atoms with Gasteiger partial charge in [-0.25, -0.2) is 9.59 Å². The number of carbonyl (C=O) groups is 4. The highest BCUT2D eigenvalue weighted by molar-refractivity contribution is 5.91. The molecule has 0 bridgehead atoms. The molecule has 0 amide bonds. The van der Waals surface area contributed by atoms with Crippen molar-refractivity contribution >= 4 is 23.9 Å². The van der Waals surface area contributed by atoms with Crippen LogP contribution in [0.15, 0.2) is 97.1 Å². The second-order valence-electron chi connectivity index (χ2n) is 17.7. The largest absolute Gasteiger partial charge is 0.494 e. The van der Waals surface area contributed by atoms with Gasteiger partial charge in [0.25, 0.3) is 0 Å². The zero-order chi connectivity index (χ0) is 48.3. The van der Waals surface area contributed by atoms with Crippen molar-refractivity contribution < 1.29 is 47.6 Å². The van der Waals surface area contributed by atoms with Crippen LogP contribution in [0.3, 0.4) is 0 Å². The topological polar surface area (TPSA) is 124 Å². The molecule has 0 aliphatic heterocycles. The Morgan fingerprint density at radius 3 is 0.853 bits per heavy atom. The number of ether oxygens (including phenoxy) is 6. The molecule has 10 nitrogen and oxygen atoms in total. The van der Waals surface area contributed by atoms with E-state index in [1.165, 1.54) is 103 Å². The molecule has 0 unspecified atom stereocenters. The lowest BCUT2D eigenvalue weighted by molar-refractivity contribution is -0.135. The average molecular weight is 935 g/mol. The molecular formula is C58H78O10. The second kappa shape index (κ2) is 34.6. The number of esters is 4. The fraction of sp³-hybridized carbons (Fsp3) is 0.517. The molecule has 4 aromatic rings. The highest BCUT2D eigenvalue weighted by Gasteiger charge is 2.13. The Bertz CT molecular complexity index is 1830. The van der Waals surface area contributed by atoms with E-state index in [2.05, 4.69) is 13.8 Å². The lowest BCUT2D eigenvalue weighted by Crippen LogP contribution is -2.10. The summed E-state index contributed by atoms with van der Waals surface area (Å²) >= 11 is 0. The standard InChI is InChI=1S/C58H78O10/c1-3-5-7-9-11-13-15-17-21-25-45-63-49-33-29-47(30-34-49)57(61)67-53-41-37-51(38-42-53)65-55(59)27-23-19-20-24-28-56(60)66-52-39-43-54(44-40-52)68-58(62)48-31-35-50(36-32-48)64-46-26-22-18-16-14-12-10-8-6-4-2/h29-44H,3-28,45-46H2,1-2H3. The van der Waals surface area contributed by atoms with Crippen molar-refractivity contribution in [2.75, 3.05) is 13.2 Å². The van der Waals surface area contributed by atoms with Crippen LogP contribution < -0.4 is 28.4 Å². The molecule has 4 rings (SSSR count). The highest BCUT2D eigenvalue weighted by Crippen LogP contribution is 2.23. The van der Waals surface area contributed by atoms with E-state index in [1.807, 2.05) is 0 Å². The van der Waals surface area contributed by atoms with Crippen molar-refractivity contribution in [2.45, 2.75) is 181 Å². The zero-order valence-corrected chi connectivity index (χ0v) is 41.1. The van der Waals surface area contributed by atoms with Crippen LogP contribution in [-0.4, -0.2) is 37.1 Å². The molecule has 0 aliphatic carbocycles. The Morgan fingerprint density at radius 2 is 0.544 bits per heavy atom. The first-order chi connectivity index (χ1) is 33.3. The third-order valence-electron chi connectivity index (χ3n) is 11.8.